The Hall–Kier alpha value is -3.35. The Labute approximate surface area is 175 Å². The number of primary amides is 1. The van der Waals surface area contributed by atoms with Crippen LogP contribution >= 0.6 is 23.2 Å². The standard InChI is InChI=1S/C21H13Cl2N3O3/c22-13-5-7-15(16(23)9-13)19(27)11-1-3-12(4-2-11)20-25-17-8-6-14(29-21(24)28)10-18(17)26-20/h1-10H,(H2,24,28)(H,25,26). The zero-order valence-electron chi connectivity index (χ0n) is 14.8. The van der Waals surface area contributed by atoms with Crippen molar-refractivity contribution in [3.05, 3.63) is 81.8 Å². The molecule has 0 aliphatic heterocycles. The van der Waals surface area contributed by atoms with Gasteiger partial charge in [0.25, 0.3) is 0 Å². The van der Waals surface area contributed by atoms with E-state index < -0.39 is 6.09 Å². The molecule has 0 bridgehead atoms. The number of nitrogens with one attached hydrogen (secondary N) is 1. The van der Waals surface area contributed by atoms with Gasteiger partial charge >= 0.3 is 6.09 Å². The average Bonchev–Trinajstić information content (AvgIpc) is 3.10. The van der Waals surface area contributed by atoms with E-state index in [1.807, 2.05) is 0 Å². The second-order valence-corrected chi connectivity index (χ2v) is 7.06. The van der Waals surface area contributed by atoms with Gasteiger partial charge in [0.1, 0.15) is 11.6 Å². The number of nitrogens with zero attached hydrogens (tertiary/aromatic N) is 1. The van der Waals surface area contributed by atoms with Crippen LogP contribution in [0.15, 0.2) is 60.7 Å². The molecule has 144 valence electrons. The van der Waals surface area contributed by atoms with Crippen molar-refractivity contribution in [3.8, 4) is 17.1 Å². The van der Waals surface area contributed by atoms with E-state index in [1.165, 1.54) is 6.07 Å². The fourth-order valence-corrected chi connectivity index (χ4v) is 3.41. The van der Waals surface area contributed by atoms with Gasteiger partial charge in [-0.1, -0.05) is 47.5 Å². The topological polar surface area (TPSA) is 98.1 Å². The minimum atomic E-state index is -0.884. The van der Waals surface area contributed by atoms with Crippen molar-refractivity contribution in [1.82, 2.24) is 9.97 Å². The molecule has 3 aromatic carbocycles. The molecule has 1 amide bonds. The number of hydrogen-bond donors (Lipinski definition) is 2. The Balaban J connectivity index is 1.62. The van der Waals surface area contributed by atoms with Crippen molar-refractivity contribution < 1.29 is 14.3 Å². The lowest BCUT2D eigenvalue weighted by molar-refractivity contribution is 0.103. The number of aromatic nitrogens is 2. The number of rotatable bonds is 4. The molecule has 0 spiro atoms. The molecule has 29 heavy (non-hydrogen) atoms. The zero-order valence-corrected chi connectivity index (χ0v) is 16.3. The molecule has 0 aliphatic rings. The van der Waals surface area contributed by atoms with Gasteiger partial charge in [0.05, 0.1) is 16.1 Å². The van der Waals surface area contributed by atoms with Crippen LogP contribution in [-0.4, -0.2) is 21.8 Å². The van der Waals surface area contributed by atoms with Crippen LogP contribution in [0, 0.1) is 0 Å². The summed E-state index contributed by atoms with van der Waals surface area (Å²) < 4.78 is 4.87. The third-order valence-corrected chi connectivity index (χ3v) is 4.82. The fourth-order valence-electron chi connectivity index (χ4n) is 2.91. The first-order valence-electron chi connectivity index (χ1n) is 8.48. The van der Waals surface area contributed by atoms with Gasteiger partial charge in [-0.05, 0) is 30.3 Å². The number of fused-ring (bicyclic) bond motifs is 1. The molecule has 0 fully saturated rings. The lowest BCUT2D eigenvalue weighted by atomic mass is 10.0. The van der Waals surface area contributed by atoms with Crippen LogP contribution in [0.1, 0.15) is 15.9 Å². The SMILES string of the molecule is NC(=O)Oc1ccc2nc(-c3ccc(C(=O)c4ccc(Cl)cc4Cl)cc3)[nH]c2c1. The van der Waals surface area contributed by atoms with Crippen molar-refractivity contribution in [1.29, 1.82) is 0 Å². The predicted molar refractivity (Wildman–Crippen MR) is 112 cm³/mol. The van der Waals surface area contributed by atoms with E-state index in [-0.39, 0.29) is 5.78 Å². The van der Waals surface area contributed by atoms with Crippen molar-refractivity contribution in [2.75, 3.05) is 0 Å². The minimum absolute atomic E-state index is 0.198. The van der Waals surface area contributed by atoms with Crippen molar-refractivity contribution in [3.63, 3.8) is 0 Å². The molecular formula is C21H13Cl2N3O3. The molecule has 0 saturated carbocycles. The Morgan fingerprint density at radius 2 is 1.72 bits per heavy atom. The number of carbonyl (C=O) groups excluding carboxylic acids is 2. The van der Waals surface area contributed by atoms with Crippen LogP contribution in [0.5, 0.6) is 5.75 Å². The van der Waals surface area contributed by atoms with Crippen molar-refractivity contribution >= 4 is 46.1 Å². The summed E-state index contributed by atoms with van der Waals surface area (Å²) in [7, 11) is 0. The van der Waals surface area contributed by atoms with E-state index in [2.05, 4.69) is 9.97 Å². The summed E-state index contributed by atoms with van der Waals surface area (Å²) in [5.74, 6) is 0.733. The number of hydrogen-bond acceptors (Lipinski definition) is 4. The van der Waals surface area contributed by atoms with Crippen LogP contribution in [0.4, 0.5) is 4.79 Å². The van der Waals surface area contributed by atoms with Crippen LogP contribution in [0.25, 0.3) is 22.4 Å². The highest BCUT2D eigenvalue weighted by Crippen LogP contribution is 2.26. The number of amides is 1. The monoisotopic (exact) mass is 425 g/mol. The highest BCUT2D eigenvalue weighted by atomic mass is 35.5. The number of imidazole rings is 1. The van der Waals surface area contributed by atoms with Gasteiger partial charge in [-0.3, -0.25) is 4.79 Å². The third-order valence-electron chi connectivity index (χ3n) is 4.27. The van der Waals surface area contributed by atoms with E-state index in [1.54, 1.807) is 54.6 Å². The number of aromatic amines is 1. The maximum atomic E-state index is 12.7. The van der Waals surface area contributed by atoms with E-state index in [0.717, 1.165) is 5.56 Å². The summed E-state index contributed by atoms with van der Waals surface area (Å²) in [4.78, 5) is 31.2. The quantitative estimate of drug-likeness (QED) is 0.437. The zero-order chi connectivity index (χ0) is 20.5. The molecule has 0 saturated heterocycles. The maximum absolute atomic E-state index is 12.7. The minimum Gasteiger partial charge on any atom is -0.410 e. The summed E-state index contributed by atoms with van der Waals surface area (Å²) in [6.45, 7) is 0. The number of ether oxygens (including phenoxy) is 1. The highest BCUT2D eigenvalue weighted by molar-refractivity contribution is 6.37. The highest BCUT2D eigenvalue weighted by Gasteiger charge is 2.14. The molecule has 4 aromatic rings. The van der Waals surface area contributed by atoms with Crippen LogP contribution in [0.3, 0.4) is 0 Å². The second-order valence-electron chi connectivity index (χ2n) is 6.22. The Kier molecular flexibility index (Phi) is 4.96. The van der Waals surface area contributed by atoms with E-state index >= 15 is 0 Å². The van der Waals surface area contributed by atoms with Gasteiger partial charge in [0.2, 0.25) is 0 Å². The van der Waals surface area contributed by atoms with Crippen LogP contribution in [0.2, 0.25) is 10.0 Å². The number of halogens is 2. The number of nitrogens with two attached hydrogens (primary N) is 1. The normalized spacial score (nSPS) is 10.8. The number of ketones is 1. The Bertz CT molecular complexity index is 1250. The van der Waals surface area contributed by atoms with E-state index in [0.29, 0.717) is 43.8 Å². The Morgan fingerprint density at radius 3 is 2.41 bits per heavy atom. The van der Waals surface area contributed by atoms with Gasteiger partial charge in [-0.15, -0.1) is 0 Å². The molecule has 8 heteroatoms. The fraction of sp³-hybridized carbons (Fsp3) is 0. The number of benzene rings is 3. The first-order chi connectivity index (χ1) is 13.9. The number of H-pyrrole nitrogens is 1. The molecule has 0 atom stereocenters. The molecule has 0 unspecified atom stereocenters. The molecule has 4 rings (SSSR count). The molecule has 1 aromatic heterocycles. The second kappa shape index (κ2) is 7.58. The lowest BCUT2D eigenvalue weighted by Crippen LogP contribution is -2.16. The number of carbonyl (C=O) groups is 2. The first-order valence-corrected chi connectivity index (χ1v) is 9.23. The molecule has 1 heterocycles. The van der Waals surface area contributed by atoms with Gasteiger partial charge in [0, 0.05) is 27.8 Å². The summed E-state index contributed by atoms with van der Waals surface area (Å²) in [6.07, 6.45) is -0.884. The molecule has 6 nitrogen and oxygen atoms in total. The molecular weight excluding hydrogens is 413 g/mol. The van der Waals surface area contributed by atoms with Gasteiger partial charge < -0.3 is 15.5 Å². The van der Waals surface area contributed by atoms with Crippen molar-refractivity contribution in [2.24, 2.45) is 5.73 Å². The van der Waals surface area contributed by atoms with Crippen LogP contribution < -0.4 is 10.5 Å². The summed E-state index contributed by atoms with van der Waals surface area (Å²) in [5, 5.41) is 0.772. The first kappa shape index (κ1) is 19.0. The van der Waals surface area contributed by atoms with Gasteiger partial charge in [-0.25, -0.2) is 9.78 Å². The molecule has 0 radical (unpaired) electrons. The maximum Gasteiger partial charge on any atom is 0.409 e. The van der Waals surface area contributed by atoms with E-state index in [4.69, 9.17) is 33.7 Å². The molecule has 3 N–H and O–H groups in total. The van der Waals surface area contributed by atoms with Gasteiger partial charge in [-0.2, -0.15) is 0 Å². The predicted octanol–water partition coefficient (Wildman–Crippen LogP) is 5.23. The van der Waals surface area contributed by atoms with Crippen molar-refractivity contribution in [2.45, 2.75) is 0 Å². The summed E-state index contributed by atoms with van der Waals surface area (Å²) in [5.41, 5.74) is 8.08. The summed E-state index contributed by atoms with van der Waals surface area (Å²) >= 11 is 12.0. The van der Waals surface area contributed by atoms with E-state index in [9.17, 15) is 9.59 Å². The largest absolute Gasteiger partial charge is 0.410 e. The molecule has 0 aliphatic carbocycles. The lowest BCUT2D eigenvalue weighted by Gasteiger charge is -2.05. The summed E-state index contributed by atoms with van der Waals surface area (Å²) in [6, 6.07) is 16.7. The average molecular weight is 426 g/mol. The van der Waals surface area contributed by atoms with Gasteiger partial charge in [0.15, 0.2) is 5.78 Å². The Morgan fingerprint density at radius 1 is 0.966 bits per heavy atom. The third kappa shape index (κ3) is 3.94. The van der Waals surface area contributed by atoms with Crippen LogP contribution in [-0.2, 0) is 0 Å². The smallest absolute Gasteiger partial charge is 0.409 e.